The number of carbonyl (C=O) groups excluding carboxylic acids is 1. The van der Waals surface area contributed by atoms with Crippen LogP contribution in [0, 0.1) is 5.92 Å². The molecule has 0 saturated carbocycles. The lowest BCUT2D eigenvalue weighted by Crippen LogP contribution is -2.31. The molecule has 0 radical (unpaired) electrons. The molecule has 0 amide bonds. The van der Waals surface area contributed by atoms with Crippen molar-refractivity contribution in [2.24, 2.45) is 5.92 Å². The molecule has 0 aromatic heterocycles. The number of nitrogens with zero attached hydrogens (tertiary/aromatic N) is 1. The molecule has 18 heavy (non-hydrogen) atoms. The van der Waals surface area contributed by atoms with Crippen molar-refractivity contribution in [3.05, 3.63) is 29.8 Å². The van der Waals surface area contributed by atoms with E-state index in [1.165, 1.54) is 12.8 Å². The molecule has 0 bridgehead atoms. The van der Waals surface area contributed by atoms with Crippen LogP contribution in [0.2, 0.25) is 0 Å². The van der Waals surface area contributed by atoms with Crippen molar-refractivity contribution in [2.75, 3.05) is 20.2 Å². The molecular weight excluding hydrogens is 226 g/mol. The zero-order valence-corrected chi connectivity index (χ0v) is 11.1. The van der Waals surface area contributed by atoms with Gasteiger partial charge in [0.05, 0.1) is 7.11 Å². The average Bonchev–Trinajstić information content (AvgIpc) is 2.93. The van der Waals surface area contributed by atoms with Crippen LogP contribution in [0.1, 0.15) is 31.4 Å². The molecule has 0 aliphatic carbocycles. The van der Waals surface area contributed by atoms with E-state index in [9.17, 15) is 4.79 Å². The number of benzene rings is 1. The Balaban J connectivity index is 2.35. The minimum Gasteiger partial charge on any atom is -0.496 e. The fourth-order valence-corrected chi connectivity index (χ4v) is 2.82. The maximum Gasteiger partial charge on any atom is 0.124 e. The van der Waals surface area contributed by atoms with Gasteiger partial charge in [-0.15, -0.1) is 0 Å². The number of hydrogen-bond acceptors (Lipinski definition) is 3. The molecule has 0 N–H and O–H groups in total. The van der Waals surface area contributed by atoms with Crippen LogP contribution in [0.15, 0.2) is 24.3 Å². The SMILES string of the molecule is COc1ccccc1C(C(C)C=O)N1CCCC1. The van der Waals surface area contributed by atoms with E-state index in [1.807, 2.05) is 25.1 Å². The molecular formula is C15H21NO2. The molecule has 1 fully saturated rings. The van der Waals surface area contributed by atoms with Crippen molar-refractivity contribution >= 4 is 6.29 Å². The number of hydrogen-bond donors (Lipinski definition) is 0. The third-order valence-corrected chi connectivity index (χ3v) is 3.70. The number of rotatable bonds is 5. The Labute approximate surface area is 109 Å². The number of methoxy groups -OCH3 is 1. The van der Waals surface area contributed by atoms with Gasteiger partial charge in [0.2, 0.25) is 0 Å². The highest BCUT2D eigenvalue weighted by atomic mass is 16.5. The number of ether oxygens (including phenoxy) is 1. The summed E-state index contributed by atoms with van der Waals surface area (Å²) in [6, 6.07) is 8.16. The van der Waals surface area contributed by atoms with Gasteiger partial charge in [0.15, 0.2) is 0 Å². The number of likely N-dealkylation sites (tertiary alicyclic amines) is 1. The Kier molecular flexibility index (Phi) is 4.37. The summed E-state index contributed by atoms with van der Waals surface area (Å²) < 4.78 is 5.44. The molecule has 1 aromatic carbocycles. The summed E-state index contributed by atoms with van der Waals surface area (Å²) in [5, 5.41) is 0. The van der Waals surface area contributed by atoms with E-state index < -0.39 is 0 Å². The van der Waals surface area contributed by atoms with Crippen molar-refractivity contribution in [3.8, 4) is 5.75 Å². The van der Waals surface area contributed by atoms with Crippen molar-refractivity contribution < 1.29 is 9.53 Å². The summed E-state index contributed by atoms with van der Waals surface area (Å²) >= 11 is 0. The topological polar surface area (TPSA) is 29.5 Å². The van der Waals surface area contributed by atoms with Gasteiger partial charge in [-0.1, -0.05) is 25.1 Å². The molecule has 2 unspecified atom stereocenters. The predicted octanol–water partition coefficient (Wildman–Crippen LogP) is 2.67. The average molecular weight is 247 g/mol. The van der Waals surface area contributed by atoms with Crippen LogP contribution in [-0.2, 0) is 4.79 Å². The second-order valence-corrected chi connectivity index (χ2v) is 4.93. The van der Waals surface area contributed by atoms with Crippen LogP contribution >= 0.6 is 0 Å². The van der Waals surface area contributed by atoms with Gasteiger partial charge in [-0.2, -0.15) is 0 Å². The first-order valence-corrected chi connectivity index (χ1v) is 6.60. The Morgan fingerprint density at radius 3 is 2.56 bits per heavy atom. The summed E-state index contributed by atoms with van der Waals surface area (Å²) in [5.41, 5.74) is 1.13. The van der Waals surface area contributed by atoms with E-state index in [4.69, 9.17) is 4.74 Å². The summed E-state index contributed by atoms with van der Waals surface area (Å²) in [5.74, 6) is 0.863. The molecule has 1 saturated heterocycles. The van der Waals surface area contributed by atoms with Crippen molar-refractivity contribution in [1.82, 2.24) is 4.90 Å². The lowest BCUT2D eigenvalue weighted by molar-refractivity contribution is -0.112. The zero-order valence-electron chi connectivity index (χ0n) is 11.1. The predicted molar refractivity (Wildman–Crippen MR) is 71.8 cm³/mol. The molecule has 98 valence electrons. The minimum absolute atomic E-state index is 0.0144. The molecule has 2 rings (SSSR count). The van der Waals surface area contributed by atoms with Crippen molar-refractivity contribution in [3.63, 3.8) is 0 Å². The van der Waals surface area contributed by atoms with Crippen molar-refractivity contribution in [1.29, 1.82) is 0 Å². The fraction of sp³-hybridized carbons (Fsp3) is 0.533. The Hall–Kier alpha value is -1.35. The fourth-order valence-electron chi connectivity index (χ4n) is 2.82. The molecule has 3 nitrogen and oxygen atoms in total. The summed E-state index contributed by atoms with van der Waals surface area (Å²) in [7, 11) is 1.69. The summed E-state index contributed by atoms with van der Waals surface area (Å²) in [4.78, 5) is 13.6. The van der Waals surface area contributed by atoms with Gasteiger partial charge in [-0.05, 0) is 32.0 Å². The van der Waals surface area contributed by atoms with Crippen molar-refractivity contribution in [2.45, 2.75) is 25.8 Å². The molecule has 2 atom stereocenters. The Morgan fingerprint density at radius 1 is 1.28 bits per heavy atom. The van der Waals surface area contributed by atoms with E-state index in [-0.39, 0.29) is 12.0 Å². The standard InChI is InChI=1S/C15H21NO2/c1-12(11-17)15(16-9-5-6-10-16)13-7-3-4-8-14(13)18-2/h3-4,7-8,11-12,15H,5-6,9-10H2,1-2H3. The van der Waals surface area contributed by atoms with Gasteiger partial charge in [0, 0.05) is 17.5 Å². The maximum atomic E-state index is 11.2. The minimum atomic E-state index is -0.0144. The van der Waals surface area contributed by atoms with E-state index in [0.717, 1.165) is 30.7 Å². The largest absolute Gasteiger partial charge is 0.496 e. The van der Waals surface area contributed by atoms with E-state index in [1.54, 1.807) is 7.11 Å². The highest BCUT2D eigenvalue weighted by Gasteiger charge is 2.29. The monoisotopic (exact) mass is 247 g/mol. The number of aldehydes is 1. The Bertz CT molecular complexity index is 399. The molecule has 1 aliphatic heterocycles. The van der Waals surface area contributed by atoms with Crippen LogP contribution in [0.25, 0.3) is 0 Å². The third kappa shape index (κ3) is 2.56. The highest BCUT2D eigenvalue weighted by Crippen LogP contribution is 2.35. The molecule has 1 aromatic rings. The summed E-state index contributed by atoms with van der Waals surface area (Å²) in [6.45, 7) is 4.13. The number of para-hydroxylation sites is 1. The first-order chi connectivity index (χ1) is 8.77. The van der Waals surface area contributed by atoms with Crippen LogP contribution < -0.4 is 4.74 Å². The molecule has 1 heterocycles. The highest BCUT2D eigenvalue weighted by molar-refractivity contribution is 5.56. The first-order valence-electron chi connectivity index (χ1n) is 6.60. The quantitative estimate of drug-likeness (QED) is 0.749. The smallest absolute Gasteiger partial charge is 0.124 e. The third-order valence-electron chi connectivity index (χ3n) is 3.70. The maximum absolute atomic E-state index is 11.2. The van der Waals surface area contributed by atoms with Gasteiger partial charge >= 0.3 is 0 Å². The van der Waals surface area contributed by atoms with Gasteiger partial charge in [-0.25, -0.2) is 0 Å². The molecule has 1 aliphatic rings. The molecule has 3 heteroatoms. The first kappa shape index (κ1) is 13.1. The van der Waals surface area contributed by atoms with Gasteiger partial charge in [0.1, 0.15) is 12.0 Å². The van der Waals surface area contributed by atoms with Crippen LogP contribution in [-0.4, -0.2) is 31.4 Å². The van der Waals surface area contributed by atoms with E-state index in [2.05, 4.69) is 11.0 Å². The van der Waals surface area contributed by atoms with E-state index >= 15 is 0 Å². The van der Waals surface area contributed by atoms with Crippen LogP contribution in [0.5, 0.6) is 5.75 Å². The molecule has 0 spiro atoms. The van der Waals surface area contributed by atoms with Crippen LogP contribution in [0.4, 0.5) is 0 Å². The second-order valence-electron chi connectivity index (χ2n) is 4.93. The lowest BCUT2D eigenvalue weighted by Gasteiger charge is -2.31. The van der Waals surface area contributed by atoms with Crippen LogP contribution in [0.3, 0.4) is 0 Å². The zero-order chi connectivity index (χ0) is 13.0. The number of carbonyl (C=O) groups is 1. The Morgan fingerprint density at radius 2 is 1.94 bits per heavy atom. The second kappa shape index (κ2) is 6.01. The lowest BCUT2D eigenvalue weighted by atomic mass is 9.93. The van der Waals surface area contributed by atoms with Gasteiger partial charge < -0.3 is 9.53 Å². The van der Waals surface area contributed by atoms with E-state index in [0.29, 0.717) is 0 Å². The van der Waals surface area contributed by atoms with Gasteiger partial charge in [-0.3, -0.25) is 4.90 Å². The normalized spacial score (nSPS) is 19.4. The van der Waals surface area contributed by atoms with Gasteiger partial charge in [0.25, 0.3) is 0 Å². The summed E-state index contributed by atoms with van der Waals surface area (Å²) in [6.07, 6.45) is 3.49.